The highest BCUT2D eigenvalue weighted by Gasteiger charge is 2.28. The van der Waals surface area contributed by atoms with Crippen LogP contribution in [0.15, 0.2) is 48.8 Å². The minimum absolute atomic E-state index is 0.0543. The first-order valence-corrected chi connectivity index (χ1v) is 8.37. The summed E-state index contributed by atoms with van der Waals surface area (Å²) < 4.78 is 7.68. The standard InChI is InChI=1S/C18H24N4O2/c1-15(18(23)19-12-16-6-3-2-4-7-16)21-10-11-24-17(13-21)14-22-9-5-8-20-22/h2-9,15,17H,10-14H2,1H3,(H,19,23)/t15-,17+/m0/s1. The molecular formula is C18H24N4O2. The van der Waals surface area contributed by atoms with E-state index in [9.17, 15) is 4.79 Å². The normalized spacial score (nSPS) is 19.8. The van der Waals surface area contributed by atoms with E-state index >= 15 is 0 Å². The smallest absolute Gasteiger partial charge is 0.237 e. The summed E-state index contributed by atoms with van der Waals surface area (Å²) in [7, 11) is 0. The lowest BCUT2D eigenvalue weighted by Gasteiger charge is -2.36. The molecule has 0 bridgehead atoms. The number of nitrogens with one attached hydrogen (secondary N) is 1. The number of nitrogens with zero attached hydrogens (tertiary/aromatic N) is 3. The zero-order valence-corrected chi connectivity index (χ0v) is 14.0. The van der Waals surface area contributed by atoms with Crippen LogP contribution in [-0.2, 0) is 22.6 Å². The van der Waals surface area contributed by atoms with Gasteiger partial charge in [0.15, 0.2) is 0 Å². The minimum atomic E-state index is -0.169. The maximum absolute atomic E-state index is 12.4. The van der Waals surface area contributed by atoms with Crippen LogP contribution in [0.5, 0.6) is 0 Å². The molecule has 24 heavy (non-hydrogen) atoms. The van der Waals surface area contributed by atoms with Crippen LogP contribution < -0.4 is 5.32 Å². The SMILES string of the molecule is C[C@@H](C(=O)NCc1ccccc1)N1CCO[C@@H](Cn2cccn2)C1. The van der Waals surface area contributed by atoms with Gasteiger partial charge in [0.25, 0.3) is 0 Å². The van der Waals surface area contributed by atoms with Crippen LogP contribution in [0.25, 0.3) is 0 Å². The summed E-state index contributed by atoms with van der Waals surface area (Å²) in [6, 6.07) is 11.7. The van der Waals surface area contributed by atoms with E-state index in [1.165, 1.54) is 0 Å². The lowest BCUT2D eigenvalue weighted by atomic mass is 10.2. The van der Waals surface area contributed by atoms with Gasteiger partial charge in [-0.3, -0.25) is 14.4 Å². The van der Waals surface area contributed by atoms with Crippen LogP contribution in [-0.4, -0.2) is 52.4 Å². The fraction of sp³-hybridized carbons (Fsp3) is 0.444. The highest BCUT2D eigenvalue weighted by Crippen LogP contribution is 2.11. The van der Waals surface area contributed by atoms with Crippen molar-refractivity contribution >= 4 is 5.91 Å². The van der Waals surface area contributed by atoms with Gasteiger partial charge in [-0.2, -0.15) is 5.10 Å². The Morgan fingerprint density at radius 1 is 1.38 bits per heavy atom. The van der Waals surface area contributed by atoms with Crippen molar-refractivity contribution in [3.8, 4) is 0 Å². The molecule has 1 saturated heterocycles. The number of morpholine rings is 1. The molecule has 1 aliphatic rings. The van der Waals surface area contributed by atoms with Gasteiger partial charge in [-0.05, 0) is 18.6 Å². The minimum Gasteiger partial charge on any atom is -0.374 e. The Bertz CT molecular complexity index is 630. The van der Waals surface area contributed by atoms with Crippen LogP contribution in [0.4, 0.5) is 0 Å². The molecule has 1 aromatic carbocycles. The van der Waals surface area contributed by atoms with Crippen LogP contribution in [0.1, 0.15) is 12.5 Å². The molecule has 0 spiro atoms. The Labute approximate surface area is 142 Å². The third-order valence-corrected chi connectivity index (χ3v) is 4.36. The van der Waals surface area contributed by atoms with Gasteiger partial charge in [-0.1, -0.05) is 30.3 Å². The fourth-order valence-electron chi connectivity index (χ4n) is 2.92. The van der Waals surface area contributed by atoms with Gasteiger partial charge in [0.05, 0.1) is 25.3 Å². The molecule has 0 aliphatic carbocycles. The van der Waals surface area contributed by atoms with Gasteiger partial charge in [-0.15, -0.1) is 0 Å². The number of amides is 1. The zero-order chi connectivity index (χ0) is 16.8. The molecule has 2 atom stereocenters. The summed E-state index contributed by atoms with van der Waals surface area (Å²) >= 11 is 0. The molecule has 1 aromatic heterocycles. The molecule has 2 aromatic rings. The monoisotopic (exact) mass is 328 g/mol. The predicted molar refractivity (Wildman–Crippen MR) is 91.3 cm³/mol. The van der Waals surface area contributed by atoms with Gasteiger partial charge in [0, 0.05) is 32.0 Å². The number of hydrogen-bond acceptors (Lipinski definition) is 4. The maximum Gasteiger partial charge on any atom is 0.237 e. The highest BCUT2D eigenvalue weighted by atomic mass is 16.5. The largest absolute Gasteiger partial charge is 0.374 e. The Balaban J connectivity index is 1.49. The first kappa shape index (κ1) is 16.7. The quantitative estimate of drug-likeness (QED) is 0.868. The number of ether oxygens (including phenoxy) is 1. The number of hydrogen-bond donors (Lipinski definition) is 1. The zero-order valence-electron chi connectivity index (χ0n) is 14.0. The summed E-state index contributed by atoms with van der Waals surface area (Å²) in [6.07, 6.45) is 3.75. The van der Waals surface area contributed by atoms with E-state index in [0.29, 0.717) is 19.7 Å². The van der Waals surface area contributed by atoms with E-state index in [0.717, 1.165) is 18.7 Å². The first-order valence-electron chi connectivity index (χ1n) is 8.37. The lowest BCUT2D eigenvalue weighted by molar-refractivity contribution is -0.129. The van der Waals surface area contributed by atoms with E-state index < -0.39 is 0 Å². The van der Waals surface area contributed by atoms with Crippen LogP contribution in [0, 0.1) is 0 Å². The number of carbonyl (C=O) groups excluding carboxylic acids is 1. The van der Waals surface area contributed by atoms with Crippen LogP contribution >= 0.6 is 0 Å². The molecule has 0 unspecified atom stereocenters. The second-order valence-electron chi connectivity index (χ2n) is 6.10. The molecular weight excluding hydrogens is 304 g/mol. The van der Waals surface area contributed by atoms with E-state index in [-0.39, 0.29) is 18.1 Å². The van der Waals surface area contributed by atoms with Crippen molar-refractivity contribution in [3.05, 3.63) is 54.4 Å². The molecule has 1 aliphatic heterocycles. The second kappa shape index (κ2) is 8.08. The van der Waals surface area contributed by atoms with Gasteiger partial charge in [0.1, 0.15) is 0 Å². The number of rotatable bonds is 6. The number of aromatic nitrogens is 2. The van der Waals surface area contributed by atoms with E-state index in [2.05, 4.69) is 15.3 Å². The summed E-state index contributed by atoms with van der Waals surface area (Å²) in [6.45, 7) is 5.38. The Morgan fingerprint density at radius 3 is 2.96 bits per heavy atom. The molecule has 6 heteroatoms. The van der Waals surface area contributed by atoms with E-state index in [4.69, 9.17) is 4.74 Å². The third-order valence-electron chi connectivity index (χ3n) is 4.36. The molecule has 0 saturated carbocycles. The molecule has 0 radical (unpaired) electrons. The van der Waals surface area contributed by atoms with Gasteiger partial charge >= 0.3 is 0 Å². The average Bonchev–Trinajstić information content (AvgIpc) is 3.13. The first-order chi connectivity index (χ1) is 11.7. The van der Waals surface area contributed by atoms with Crippen LogP contribution in [0.3, 0.4) is 0 Å². The molecule has 1 N–H and O–H groups in total. The van der Waals surface area contributed by atoms with E-state index in [1.54, 1.807) is 6.20 Å². The maximum atomic E-state index is 12.4. The van der Waals surface area contributed by atoms with Crippen molar-refractivity contribution in [1.82, 2.24) is 20.0 Å². The van der Waals surface area contributed by atoms with Gasteiger partial charge < -0.3 is 10.1 Å². The summed E-state index contributed by atoms with van der Waals surface area (Å²) in [5.74, 6) is 0.0543. The van der Waals surface area contributed by atoms with E-state index in [1.807, 2.05) is 54.2 Å². The molecule has 1 fully saturated rings. The van der Waals surface area contributed by atoms with Crippen LogP contribution in [0.2, 0.25) is 0 Å². The molecule has 3 rings (SSSR count). The van der Waals surface area contributed by atoms with Crippen molar-refractivity contribution in [2.75, 3.05) is 19.7 Å². The molecule has 1 amide bonds. The summed E-state index contributed by atoms with van der Waals surface area (Å²) in [5.41, 5.74) is 1.11. The molecule has 6 nitrogen and oxygen atoms in total. The Hall–Kier alpha value is -2.18. The summed E-state index contributed by atoms with van der Waals surface area (Å²) in [4.78, 5) is 14.6. The lowest BCUT2D eigenvalue weighted by Crippen LogP contribution is -2.52. The number of benzene rings is 1. The van der Waals surface area contributed by atoms with Gasteiger partial charge in [0.2, 0.25) is 5.91 Å². The predicted octanol–water partition coefficient (Wildman–Crippen LogP) is 1.29. The molecule has 128 valence electrons. The second-order valence-corrected chi connectivity index (χ2v) is 6.10. The third kappa shape index (κ3) is 4.43. The topological polar surface area (TPSA) is 59.4 Å². The highest BCUT2D eigenvalue weighted by molar-refractivity contribution is 5.81. The Kier molecular flexibility index (Phi) is 5.61. The van der Waals surface area contributed by atoms with Crippen molar-refractivity contribution in [3.63, 3.8) is 0 Å². The average molecular weight is 328 g/mol. The van der Waals surface area contributed by atoms with Crippen molar-refractivity contribution < 1.29 is 9.53 Å². The van der Waals surface area contributed by atoms with Crippen molar-refractivity contribution in [2.24, 2.45) is 0 Å². The Morgan fingerprint density at radius 2 is 2.21 bits per heavy atom. The molecule has 2 heterocycles. The number of carbonyl (C=O) groups is 1. The summed E-state index contributed by atoms with van der Waals surface area (Å²) in [5, 5.41) is 7.23. The van der Waals surface area contributed by atoms with Crippen molar-refractivity contribution in [1.29, 1.82) is 0 Å². The van der Waals surface area contributed by atoms with Crippen molar-refractivity contribution in [2.45, 2.75) is 32.2 Å². The fourth-order valence-corrected chi connectivity index (χ4v) is 2.92. The van der Waals surface area contributed by atoms with Gasteiger partial charge in [-0.25, -0.2) is 0 Å².